The Balaban J connectivity index is 1.72. The first-order valence-corrected chi connectivity index (χ1v) is 8.00. The average molecular weight is 319 g/mol. The van der Waals surface area contributed by atoms with Crippen LogP contribution in [0.4, 0.5) is 4.79 Å². The summed E-state index contributed by atoms with van der Waals surface area (Å²) in [6, 6.07) is 3.08. The van der Waals surface area contributed by atoms with Crippen LogP contribution in [0.25, 0.3) is 0 Å². The number of aryl methyl sites for hydroxylation is 1. The number of ether oxygens (including phenoxy) is 1. The topological polar surface area (TPSA) is 80.6 Å². The predicted molar refractivity (Wildman–Crippen MR) is 83.3 cm³/mol. The number of carbonyl (C=O) groups is 2. The minimum atomic E-state index is -0.488. The summed E-state index contributed by atoms with van der Waals surface area (Å²) in [5, 5.41) is 2.70. The van der Waals surface area contributed by atoms with E-state index in [9.17, 15) is 14.4 Å². The summed E-state index contributed by atoms with van der Waals surface area (Å²) >= 11 is 0. The first-order chi connectivity index (χ1) is 11.0. The van der Waals surface area contributed by atoms with Crippen LogP contribution < -0.4 is 10.9 Å². The molecule has 0 saturated carbocycles. The molecule has 1 aromatic heterocycles. The van der Waals surface area contributed by atoms with Crippen molar-refractivity contribution in [1.82, 2.24) is 14.8 Å². The molecular formula is C16H21N3O4. The molecule has 0 aromatic carbocycles. The van der Waals surface area contributed by atoms with Gasteiger partial charge in [0, 0.05) is 43.9 Å². The number of pyridine rings is 1. The molecule has 1 N–H and O–H groups in total. The molecule has 7 nitrogen and oxygen atoms in total. The Hall–Kier alpha value is -2.31. The number of nitrogens with one attached hydrogen (secondary N) is 1. The van der Waals surface area contributed by atoms with Gasteiger partial charge in [0.25, 0.3) is 11.5 Å². The Morgan fingerprint density at radius 3 is 2.83 bits per heavy atom. The van der Waals surface area contributed by atoms with Gasteiger partial charge in [-0.1, -0.05) is 0 Å². The number of carbonyl (C=O) groups excluding carboxylic acids is 2. The van der Waals surface area contributed by atoms with Crippen LogP contribution in [0, 0.1) is 0 Å². The average Bonchev–Trinajstić information content (AvgIpc) is 2.78. The van der Waals surface area contributed by atoms with Crippen LogP contribution in [-0.4, -0.2) is 46.7 Å². The van der Waals surface area contributed by atoms with Gasteiger partial charge in [-0.05, 0) is 25.8 Å². The summed E-state index contributed by atoms with van der Waals surface area (Å²) in [5.74, 6) is -0.139. The molecular weight excluding hydrogens is 298 g/mol. The Labute approximate surface area is 134 Å². The molecule has 2 saturated heterocycles. The summed E-state index contributed by atoms with van der Waals surface area (Å²) in [6.07, 6.45) is 3.40. The molecule has 2 amide bonds. The van der Waals surface area contributed by atoms with Crippen LogP contribution in [0.1, 0.15) is 36.5 Å². The molecule has 2 aliphatic heterocycles. The number of amides is 2. The fraction of sp³-hybridized carbons (Fsp3) is 0.562. The molecule has 2 fully saturated rings. The van der Waals surface area contributed by atoms with Gasteiger partial charge in [-0.2, -0.15) is 0 Å². The molecule has 124 valence electrons. The second kappa shape index (κ2) is 6.06. The molecule has 0 bridgehead atoms. The minimum absolute atomic E-state index is 0.139. The van der Waals surface area contributed by atoms with Gasteiger partial charge in [-0.3, -0.25) is 9.59 Å². The molecule has 0 radical (unpaired) electrons. The maximum Gasteiger partial charge on any atom is 0.407 e. The van der Waals surface area contributed by atoms with Crippen molar-refractivity contribution >= 4 is 12.0 Å². The van der Waals surface area contributed by atoms with Gasteiger partial charge < -0.3 is 19.5 Å². The lowest BCUT2D eigenvalue weighted by atomic mass is 9.95. The fourth-order valence-corrected chi connectivity index (χ4v) is 3.24. The summed E-state index contributed by atoms with van der Waals surface area (Å²) in [5.41, 5.74) is -0.242. The number of aromatic nitrogens is 1. The minimum Gasteiger partial charge on any atom is -0.441 e. The van der Waals surface area contributed by atoms with Crippen LogP contribution in [0.5, 0.6) is 0 Å². The van der Waals surface area contributed by atoms with Crippen molar-refractivity contribution in [3.05, 3.63) is 34.2 Å². The van der Waals surface area contributed by atoms with Crippen LogP contribution in [0.15, 0.2) is 23.1 Å². The van der Waals surface area contributed by atoms with Crippen LogP contribution >= 0.6 is 0 Å². The van der Waals surface area contributed by atoms with Gasteiger partial charge in [-0.25, -0.2) is 4.79 Å². The Morgan fingerprint density at radius 1 is 1.35 bits per heavy atom. The zero-order valence-electron chi connectivity index (χ0n) is 13.2. The second-order valence-corrected chi connectivity index (χ2v) is 6.11. The first kappa shape index (κ1) is 15.6. The molecule has 1 atom stereocenters. The van der Waals surface area contributed by atoms with Crippen molar-refractivity contribution in [3.8, 4) is 0 Å². The fourth-order valence-electron chi connectivity index (χ4n) is 3.24. The molecule has 23 heavy (non-hydrogen) atoms. The van der Waals surface area contributed by atoms with Gasteiger partial charge in [0.2, 0.25) is 0 Å². The first-order valence-electron chi connectivity index (χ1n) is 8.00. The van der Waals surface area contributed by atoms with E-state index in [1.54, 1.807) is 21.7 Å². The summed E-state index contributed by atoms with van der Waals surface area (Å²) in [7, 11) is 0. The molecule has 0 unspecified atom stereocenters. The van der Waals surface area contributed by atoms with Crippen molar-refractivity contribution in [3.63, 3.8) is 0 Å². The van der Waals surface area contributed by atoms with Gasteiger partial charge in [-0.15, -0.1) is 0 Å². The molecule has 3 rings (SSSR count). The van der Waals surface area contributed by atoms with Crippen LogP contribution in [0.3, 0.4) is 0 Å². The number of hydrogen-bond donors (Lipinski definition) is 1. The maximum atomic E-state index is 12.6. The predicted octanol–water partition coefficient (Wildman–Crippen LogP) is 0.973. The normalized spacial score (nSPS) is 24.2. The Kier molecular flexibility index (Phi) is 4.11. The highest BCUT2D eigenvalue weighted by Crippen LogP contribution is 2.29. The van der Waals surface area contributed by atoms with E-state index in [1.165, 1.54) is 6.07 Å². The standard InChI is InChI=1S/C16H21N3O4/c1-2-18-8-4-12(10-13(18)20)14(21)19-7-3-5-16(6-9-19)11-17-15(22)23-16/h4,8,10H,2-3,5-7,9,11H2,1H3,(H,17,22)/t16-/m1/s1. The highest BCUT2D eigenvalue weighted by molar-refractivity contribution is 5.94. The lowest BCUT2D eigenvalue weighted by Crippen LogP contribution is -2.37. The lowest BCUT2D eigenvalue weighted by Gasteiger charge is -2.25. The van der Waals surface area contributed by atoms with Gasteiger partial charge in [0.15, 0.2) is 0 Å². The highest BCUT2D eigenvalue weighted by atomic mass is 16.6. The number of alkyl carbamates (subject to hydrolysis) is 1. The number of hydrogen-bond acceptors (Lipinski definition) is 4. The molecule has 1 spiro atoms. The van der Waals surface area contributed by atoms with Crippen molar-refractivity contribution in [1.29, 1.82) is 0 Å². The van der Waals surface area contributed by atoms with Crippen molar-refractivity contribution in [2.45, 2.75) is 38.3 Å². The molecule has 0 aliphatic carbocycles. The summed E-state index contributed by atoms with van der Waals surface area (Å²) in [6.45, 7) is 4.09. The van der Waals surface area contributed by atoms with E-state index in [2.05, 4.69) is 5.32 Å². The van der Waals surface area contributed by atoms with Crippen molar-refractivity contribution in [2.75, 3.05) is 19.6 Å². The lowest BCUT2D eigenvalue weighted by molar-refractivity contribution is 0.0438. The monoisotopic (exact) mass is 319 g/mol. The maximum absolute atomic E-state index is 12.6. The number of nitrogens with zero attached hydrogens (tertiary/aromatic N) is 2. The number of likely N-dealkylation sites (tertiary alicyclic amines) is 1. The van der Waals surface area contributed by atoms with E-state index >= 15 is 0 Å². The van der Waals surface area contributed by atoms with Gasteiger partial charge >= 0.3 is 6.09 Å². The van der Waals surface area contributed by atoms with E-state index in [4.69, 9.17) is 4.74 Å². The largest absolute Gasteiger partial charge is 0.441 e. The molecule has 2 aliphatic rings. The van der Waals surface area contributed by atoms with E-state index in [0.717, 1.165) is 12.8 Å². The number of rotatable bonds is 2. The third kappa shape index (κ3) is 3.09. The Morgan fingerprint density at radius 2 is 2.17 bits per heavy atom. The highest BCUT2D eigenvalue weighted by Gasteiger charge is 2.41. The van der Waals surface area contributed by atoms with Crippen LogP contribution in [0.2, 0.25) is 0 Å². The quantitative estimate of drug-likeness (QED) is 0.881. The van der Waals surface area contributed by atoms with E-state index in [-0.39, 0.29) is 17.6 Å². The zero-order chi connectivity index (χ0) is 16.4. The third-order valence-corrected chi connectivity index (χ3v) is 4.63. The van der Waals surface area contributed by atoms with Gasteiger partial charge in [0.05, 0.1) is 6.54 Å². The molecule has 7 heteroatoms. The zero-order valence-corrected chi connectivity index (χ0v) is 13.2. The summed E-state index contributed by atoms with van der Waals surface area (Å²) in [4.78, 5) is 37.6. The third-order valence-electron chi connectivity index (χ3n) is 4.63. The smallest absolute Gasteiger partial charge is 0.407 e. The molecule has 1 aromatic rings. The second-order valence-electron chi connectivity index (χ2n) is 6.11. The SMILES string of the molecule is CCn1ccc(C(=O)N2CCC[C@@]3(CC2)CNC(=O)O3)cc1=O. The van der Waals surface area contributed by atoms with E-state index in [0.29, 0.717) is 38.2 Å². The van der Waals surface area contributed by atoms with Crippen molar-refractivity contribution in [2.24, 2.45) is 0 Å². The Bertz CT molecular complexity index is 684. The van der Waals surface area contributed by atoms with E-state index < -0.39 is 5.60 Å². The van der Waals surface area contributed by atoms with Crippen molar-refractivity contribution < 1.29 is 14.3 Å². The molecule has 3 heterocycles. The summed E-state index contributed by atoms with van der Waals surface area (Å²) < 4.78 is 6.97. The van der Waals surface area contributed by atoms with Gasteiger partial charge in [0.1, 0.15) is 5.60 Å². The van der Waals surface area contributed by atoms with Crippen LogP contribution in [-0.2, 0) is 11.3 Å². The van der Waals surface area contributed by atoms with E-state index in [1.807, 2.05) is 6.92 Å².